The number of phenols is 1. The van der Waals surface area contributed by atoms with Gasteiger partial charge in [-0.15, -0.1) is 11.3 Å². The summed E-state index contributed by atoms with van der Waals surface area (Å²) in [6.45, 7) is 0. The van der Waals surface area contributed by atoms with Crippen LogP contribution in [0.5, 0.6) is 5.75 Å². The van der Waals surface area contributed by atoms with Crippen LogP contribution in [0.3, 0.4) is 0 Å². The van der Waals surface area contributed by atoms with E-state index in [0.29, 0.717) is 0 Å². The molecule has 0 fully saturated rings. The number of hydrogen-bond acceptors (Lipinski definition) is 4. The lowest BCUT2D eigenvalue weighted by molar-refractivity contribution is -0.138. The van der Waals surface area contributed by atoms with Gasteiger partial charge in [-0.1, -0.05) is 0 Å². The van der Waals surface area contributed by atoms with Crippen LogP contribution in [0.1, 0.15) is 5.56 Å². The summed E-state index contributed by atoms with van der Waals surface area (Å²) in [5.41, 5.74) is 6.35. The summed E-state index contributed by atoms with van der Waals surface area (Å²) in [5.74, 6) is -0.837. The van der Waals surface area contributed by atoms with E-state index in [1.54, 1.807) is 12.1 Å². The summed E-state index contributed by atoms with van der Waals surface area (Å²) in [4.78, 5) is 10.7. The molecule has 84 valence electrons. The molecule has 0 aliphatic heterocycles. The first-order chi connectivity index (χ1) is 7.58. The number of rotatable bonds is 3. The van der Waals surface area contributed by atoms with E-state index in [0.717, 1.165) is 15.6 Å². The van der Waals surface area contributed by atoms with Gasteiger partial charge in [-0.3, -0.25) is 4.79 Å². The lowest BCUT2D eigenvalue weighted by atomic mass is 10.1. The maximum Gasteiger partial charge on any atom is 0.320 e. The van der Waals surface area contributed by atoms with E-state index in [1.807, 2.05) is 11.4 Å². The van der Waals surface area contributed by atoms with E-state index in [4.69, 9.17) is 10.8 Å². The van der Waals surface area contributed by atoms with Crippen LogP contribution >= 0.6 is 11.3 Å². The molecule has 4 N–H and O–H groups in total. The zero-order valence-electron chi connectivity index (χ0n) is 8.38. The average Bonchev–Trinajstić information content (AvgIpc) is 2.61. The lowest BCUT2D eigenvalue weighted by Crippen LogP contribution is -2.32. The highest BCUT2D eigenvalue weighted by atomic mass is 32.1. The normalized spacial score (nSPS) is 12.8. The summed E-state index contributed by atoms with van der Waals surface area (Å²) in [6.07, 6.45) is 0.277. The van der Waals surface area contributed by atoms with Crippen molar-refractivity contribution in [3.63, 3.8) is 0 Å². The van der Waals surface area contributed by atoms with Crippen molar-refractivity contribution in [3.8, 4) is 5.75 Å². The predicted octanol–water partition coefficient (Wildman–Crippen LogP) is 1.56. The summed E-state index contributed by atoms with van der Waals surface area (Å²) in [7, 11) is 0. The molecule has 1 unspecified atom stereocenters. The van der Waals surface area contributed by atoms with Gasteiger partial charge in [0.15, 0.2) is 0 Å². The minimum atomic E-state index is -1.01. The molecule has 0 spiro atoms. The number of fused-ring (bicyclic) bond motifs is 1. The number of phenolic OH excluding ortho intramolecular Hbond substituents is 1. The largest absolute Gasteiger partial charge is 0.508 e. The first kappa shape index (κ1) is 10.9. The van der Waals surface area contributed by atoms with Crippen LogP contribution in [0, 0.1) is 0 Å². The van der Waals surface area contributed by atoms with Crippen LogP contribution in [0.15, 0.2) is 23.6 Å². The molecule has 16 heavy (non-hydrogen) atoms. The summed E-state index contributed by atoms with van der Waals surface area (Å²) < 4.78 is 1.02. The molecule has 4 nitrogen and oxygen atoms in total. The lowest BCUT2D eigenvalue weighted by Gasteiger charge is -2.05. The van der Waals surface area contributed by atoms with Crippen molar-refractivity contribution in [2.75, 3.05) is 0 Å². The van der Waals surface area contributed by atoms with Gasteiger partial charge < -0.3 is 15.9 Å². The molecule has 0 saturated heterocycles. The minimum absolute atomic E-state index is 0.177. The molecule has 0 radical (unpaired) electrons. The van der Waals surface area contributed by atoms with E-state index < -0.39 is 12.0 Å². The first-order valence-corrected chi connectivity index (χ1v) is 5.63. The molecule has 0 saturated carbocycles. The minimum Gasteiger partial charge on any atom is -0.508 e. The fourth-order valence-corrected chi connectivity index (χ4v) is 2.51. The van der Waals surface area contributed by atoms with Gasteiger partial charge in [0.2, 0.25) is 0 Å². The van der Waals surface area contributed by atoms with Crippen LogP contribution in [0.25, 0.3) is 10.1 Å². The van der Waals surface area contributed by atoms with Crippen molar-refractivity contribution in [1.82, 2.24) is 0 Å². The summed E-state index contributed by atoms with van der Waals surface area (Å²) in [6, 6.07) is 4.15. The van der Waals surface area contributed by atoms with Crippen molar-refractivity contribution in [3.05, 3.63) is 29.1 Å². The highest BCUT2D eigenvalue weighted by Crippen LogP contribution is 2.29. The summed E-state index contributed by atoms with van der Waals surface area (Å²) >= 11 is 1.52. The van der Waals surface area contributed by atoms with Crippen LogP contribution in [-0.2, 0) is 11.2 Å². The van der Waals surface area contributed by atoms with Crippen molar-refractivity contribution in [2.24, 2.45) is 5.73 Å². The van der Waals surface area contributed by atoms with E-state index in [1.165, 1.54) is 11.3 Å². The number of hydrogen-bond donors (Lipinski definition) is 3. The van der Waals surface area contributed by atoms with Crippen molar-refractivity contribution >= 4 is 27.4 Å². The van der Waals surface area contributed by atoms with Crippen LogP contribution < -0.4 is 5.73 Å². The number of nitrogens with two attached hydrogens (primary N) is 1. The first-order valence-electron chi connectivity index (χ1n) is 4.75. The highest BCUT2D eigenvalue weighted by molar-refractivity contribution is 7.17. The molecule has 5 heteroatoms. The molecule has 0 amide bonds. The fourth-order valence-electron chi connectivity index (χ4n) is 1.55. The molecule has 1 atom stereocenters. The Bertz CT molecular complexity index is 535. The molecular weight excluding hydrogens is 226 g/mol. The molecule has 0 aliphatic carbocycles. The molecule has 1 aromatic carbocycles. The third-order valence-electron chi connectivity index (χ3n) is 2.39. The van der Waals surface area contributed by atoms with Crippen LogP contribution in [0.2, 0.25) is 0 Å². The van der Waals surface area contributed by atoms with Gasteiger partial charge >= 0.3 is 5.97 Å². The molecule has 2 rings (SSSR count). The van der Waals surface area contributed by atoms with Gasteiger partial charge in [-0.2, -0.15) is 0 Å². The molecule has 0 bridgehead atoms. The third kappa shape index (κ3) is 2.00. The molecule has 0 aliphatic rings. The van der Waals surface area contributed by atoms with Gasteiger partial charge in [0.25, 0.3) is 0 Å². The van der Waals surface area contributed by atoms with Gasteiger partial charge in [0.1, 0.15) is 11.8 Å². The Morgan fingerprint density at radius 3 is 2.94 bits per heavy atom. The van der Waals surface area contributed by atoms with Gasteiger partial charge in [0.05, 0.1) is 0 Å². The highest BCUT2D eigenvalue weighted by Gasteiger charge is 2.14. The van der Waals surface area contributed by atoms with Crippen molar-refractivity contribution in [1.29, 1.82) is 0 Å². The quantitative estimate of drug-likeness (QED) is 0.756. The number of carboxylic acid groups (broad SMARTS) is 1. The molecule has 2 aromatic rings. The number of aromatic hydroxyl groups is 1. The number of thiophene rings is 1. The van der Waals surface area contributed by atoms with Crippen molar-refractivity contribution < 1.29 is 15.0 Å². The Hall–Kier alpha value is -1.59. The van der Waals surface area contributed by atoms with Gasteiger partial charge in [0, 0.05) is 4.70 Å². The number of carbonyl (C=O) groups is 1. The number of benzene rings is 1. The van der Waals surface area contributed by atoms with Crippen molar-refractivity contribution in [2.45, 2.75) is 12.5 Å². The molecule has 1 heterocycles. The fraction of sp³-hybridized carbons (Fsp3) is 0.182. The van der Waals surface area contributed by atoms with Gasteiger partial charge in [-0.25, -0.2) is 0 Å². The zero-order chi connectivity index (χ0) is 11.7. The summed E-state index contributed by atoms with van der Waals surface area (Å²) in [5, 5.41) is 20.9. The molecular formula is C11H11NO3S. The van der Waals surface area contributed by atoms with E-state index >= 15 is 0 Å². The Morgan fingerprint density at radius 1 is 1.50 bits per heavy atom. The standard InChI is InChI=1S/C11H11NO3S/c12-9(11(14)15)3-6-5-16-10-2-1-7(13)4-8(6)10/h1-2,4-5,9,13H,3,12H2,(H,14,15). The predicted molar refractivity (Wildman–Crippen MR) is 62.8 cm³/mol. The number of carboxylic acids is 1. The molecule has 1 aromatic heterocycles. The zero-order valence-corrected chi connectivity index (χ0v) is 9.20. The topological polar surface area (TPSA) is 83.5 Å². The Labute approximate surface area is 95.9 Å². The van der Waals surface area contributed by atoms with Gasteiger partial charge in [-0.05, 0) is 40.9 Å². The number of aliphatic carboxylic acids is 1. The Morgan fingerprint density at radius 2 is 2.25 bits per heavy atom. The van der Waals surface area contributed by atoms with E-state index in [2.05, 4.69) is 0 Å². The maximum atomic E-state index is 10.7. The van der Waals surface area contributed by atoms with E-state index in [-0.39, 0.29) is 12.2 Å². The SMILES string of the molecule is NC(Cc1csc2ccc(O)cc12)C(=O)O. The second-order valence-corrected chi connectivity index (χ2v) is 4.50. The smallest absolute Gasteiger partial charge is 0.320 e. The second-order valence-electron chi connectivity index (χ2n) is 3.59. The third-order valence-corrected chi connectivity index (χ3v) is 3.41. The van der Waals surface area contributed by atoms with Crippen LogP contribution in [0.4, 0.5) is 0 Å². The maximum absolute atomic E-state index is 10.7. The Balaban J connectivity index is 2.37. The monoisotopic (exact) mass is 237 g/mol. The average molecular weight is 237 g/mol. The van der Waals surface area contributed by atoms with Crippen LogP contribution in [-0.4, -0.2) is 22.2 Å². The second kappa shape index (κ2) is 4.11. The van der Waals surface area contributed by atoms with E-state index in [9.17, 15) is 9.90 Å². The Kier molecular flexibility index (Phi) is 2.80.